The summed E-state index contributed by atoms with van der Waals surface area (Å²) in [5.41, 5.74) is 1.08. The fourth-order valence-electron chi connectivity index (χ4n) is 5.72. The van der Waals surface area contributed by atoms with Crippen LogP contribution >= 0.6 is 7.82 Å². The second kappa shape index (κ2) is 8.07. The Balaban J connectivity index is 1.42. The standard InChI is InChI=1S/C20H25N4O11P/c1-7-15-16-8(2)18-23(20(29)24(16)18)13-3-9(26)12(34-13)6-32-36(30,31)35-10-4-14(33-11(10)5-25)22(15)19(28)21-17(7)27/h9-15,18,25-26H,1,3-6H2,2H3,(H,30,31)(H,21,27,28)/t9-,10-,11+,12+,13+,14+,15+,18?/m0/s1. The van der Waals surface area contributed by atoms with Crippen molar-refractivity contribution < 1.29 is 52.6 Å². The van der Waals surface area contributed by atoms with E-state index in [2.05, 4.69) is 11.9 Å². The summed E-state index contributed by atoms with van der Waals surface area (Å²) in [6, 6.07) is -2.33. The highest BCUT2D eigenvalue weighted by Gasteiger charge is 2.63. The van der Waals surface area contributed by atoms with Crippen LogP contribution in [-0.4, -0.2) is 110 Å². The van der Waals surface area contributed by atoms with E-state index >= 15 is 0 Å². The molecule has 5 amide bonds. The largest absolute Gasteiger partial charge is 0.472 e. The molecule has 0 aliphatic carbocycles. The van der Waals surface area contributed by atoms with Gasteiger partial charge in [-0.05, 0) is 12.5 Å². The van der Waals surface area contributed by atoms with E-state index in [1.165, 1.54) is 14.7 Å². The molecule has 0 aromatic rings. The average molecular weight is 528 g/mol. The molecule has 5 fully saturated rings. The Morgan fingerprint density at radius 3 is 2.58 bits per heavy atom. The number of phosphoric ester groups is 1. The van der Waals surface area contributed by atoms with Gasteiger partial charge < -0.3 is 24.6 Å². The number of rotatable bonds is 1. The van der Waals surface area contributed by atoms with E-state index in [-0.39, 0.29) is 18.4 Å². The second-order valence-electron chi connectivity index (χ2n) is 9.48. The predicted octanol–water partition coefficient (Wildman–Crippen LogP) is -1.09. The number of hydrogen-bond donors (Lipinski definition) is 4. The SMILES string of the molecule is C=C1C(=O)NC(=O)N2[C@H]1C1=C(C)C3N1C(=O)N3[C@H]1C[C@H](O)[C@@H](COP(=O)(O)O[C@H]3C[C@H]2O[C@@H]3CO)O1. The highest BCUT2D eigenvalue weighted by Crippen LogP contribution is 2.52. The minimum Gasteiger partial charge on any atom is -0.394 e. The van der Waals surface area contributed by atoms with Crippen molar-refractivity contribution >= 4 is 25.8 Å². The van der Waals surface area contributed by atoms with Crippen LogP contribution in [0.25, 0.3) is 0 Å². The Bertz CT molecular complexity index is 1140. The highest BCUT2D eigenvalue weighted by atomic mass is 31.2. The van der Waals surface area contributed by atoms with Gasteiger partial charge in [0.15, 0.2) is 0 Å². The molecule has 0 spiro atoms. The fourth-order valence-corrected chi connectivity index (χ4v) is 6.68. The highest BCUT2D eigenvalue weighted by molar-refractivity contribution is 7.47. The Hall–Kier alpha value is -2.36. The number of urea groups is 2. The number of phosphoric acid groups is 1. The molecule has 5 saturated heterocycles. The van der Waals surface area contributed by atoms with Crippen LogP contribution in [0.2, 0.25) is 0 Å². The van der Waals surface area contributed by atoms with E-state index in [9.17, 15) is 34.1 Å². The molecule has 9 atom stereocenters. The Morgan fingerprint density at radius 1 is 1.14 bits per heavy atom. The van der Waals surface area contributed by atoms with E-state index in [0.29, 0.717) is 11.3 Å². The van der Waals surface area contributed by atoms with Crippen LogP contribution in [0, 0.1) is 0 Å². The van der Waals surface area contributed by atoms with E-state index < -0.39 is 88.1 Å². The first-order chi connectivity index (χ1) is 17.0. The van der Waals surface area contributed by atoms with Crippen LogP contribution < -0.4 is 5.32 Å². The molecule has 8 bridgehead atoms. The summed E-state index contributed by atoms with van der Waals surface area (Å²) >= 11 is 0. The third-order valence-corrected chi connectivity index (χ3v) is 8.47. The number of ether oxygens (including phenoxy) is 2. The quantitative estimate of drug-likeness (QED) is 0.239. The first-order valence-corrected chi connectivity index (χ1v) is 12.9. The summed E-state index contributed by atoms with van der Waals surface area (Å²) in [7, 11) is -4.71. The van der Waals surface area contributed by atoms with E-state index in [4.69, 9.17) is 18.5 Å². The molecule has 2 unspecified atom stereocenters. The van der Waals surface area contributed by atoms with Gasteiger partial charge >= 0.3 is 19.9 Å². The minimum absolute atomic E-state index is 0.00736. The number of fused-ring (bicyclic) bond motifs is 3. The van der Waals surface area contributed by atoms with Crippen LogP contribution in [0.15, 0.2) is 23.4 Å². The van der Waals surface area contributed by atoms with E-state index in [1.807, 2.05) is 0 Å². The van der Waals surface area contributed by atoms with Crippen LogP contribution in [0.3, 0.4) is 0 Å². The zero-order valence-electron chi connectivity index (χ0n) is 19.1. The molecule has 7 rings (SSSR count). The van der Waals surface area contributed by atoms with Crippen molar-refractivity contribution in [2.75, 3.05) is 13.2 Å². The molecule has 15 nitrogen and oxygen atoms in total. The van der Waals surface area contributed by atoms with Crippen molar-refractivity contribution in [2.24, 2.45) is 0 Å². The maximum atomic E-state index is 13.2. The summed E-state index contributed by atoms with van der Waals surface area (Å²) in [5, 5.41) is 22.4. The van der Waals surface area contributed by atoms with Gasteiger partial charge in [0, 0.05) is 18.4 Å². The maximum Gasteiger partial charge on any atom is 0.472 e. The molecule has 0 saturated carbocycles. The zero-order chi connectivity index (χ0) is 25.7. The lowest BCUT2D eigenvalue weighted by atomic mass is 9.85. The molecular formula is C20H25N4O11P. The number of hydrogen-bond acceptors (Lipinski definition) is 10. The number of nitrogens with zero attached hydrogens (tertiary/aromatic N) is 3. The first-order valence-electron chi connectivity index (χ1n) is 11.4. The fraction of sp³-hybridized carbons (Fsp3) is 0.650. The first kappa shape index (κ1) is 24.0. The number of aliphatic hydroxyl groups excluding tert-OH is 2. The molecule has 0 radical (unpaired) electrons. The van der Waals surface area contributed by atoms with Gasteiger partial charge in [0.25, 0.3) is 5.91 Å². The molecule has 7 aliphatic heterocycles. The van der Waals surface area contributed by atoms with Crippen molar-refractivity contribution in [2.45, 2.75) is 68.8 Å². The van der Waals surface area contributed by atoms with Gasteiger partial charge in [0.1, 0.15) is 43.0 Å². The van der Waals surface area contributed by atoms with Crippen molar-refractivity contribution in [3.05, 3.63) is 23.4 Å². The molecule has 196 valence electrons. The number of nitrogens with one attached hydrogen (secondary N) is 1. The summed E-state index contributed by atoms with van der Waals surface area (Å²) in [6.07, 6.45) is -6.84. The van der Waals surface area contributed by atoms with Gasteiger partial charge in [-0.15, -0.1) is 0 Å². The van der Waals surface area contributed by atoms with Crippen LogP contribution in [0.1, 0.15) is 19.8 Å². The number of carbonyl (C=O) groups is 3. The van der Waals surface area contributed by atoms with E-state index in [1.54, 1.807) is 6.92 Å². The van der Waals surface area contributed by atoms with Crippen molar-refractivity contribution in [1.82, 2.24) is 20.0 Å². The molecule has 7 aliphatic rings. The number of carbonyl (C=O) groups excluding carboxylic acids is 3. The van der Waals surface area contributed by atoms with Crippen LogP contribution in [-0.2, 0) is 27.9 Å². The Morgan fingerprint density at radius 2 is 1.86 bits per heavy atom. The van der Waals surface area contributed by atoms with E-state index in [0.717, 1.165) is 0 Å². The predicted molar refractivity (Wildman–Crippen MR) is 114 cm³/mol. The topological polar surface area (TPSA) is 188 Å². The zero-order valence-corrected chi connectivity index (χ0v) is 19.9. The summed E-state index contributed by atoms with van der Waals surface area (Å²) in [6.45, 7) is 4.50. The maximum absolute atomic E-state index is 13.2. The van der Waals surface area contributed by atoms with Crippen molar-refractivity contribution in [3.8, 4) is 0 Å². The third-order valence-electron chi connectivity index (χ3n) is 7.46. The molecule has 0 aromatic carbocycles. The molecule has 0 aromatic heterocycles. The van der Waals surface area contributed by atoms with Gasteiger partial charge in [-0.1, -0.05) is 6.58 Å². The number of amides is 5. The van der Waals surface area contributed by atoms with Crippen LogP contribution in [0.4, 0.5) is 9.59 Å². The smallest absolute Gasteiger partial charge is 0.394 e. The lowest BCUT2D eigenvalue weighted by molar-refractivity contribution is -0.132. The normalized spacial score (nSPS) is 44.4. The summed E-state index contributed by atoms with van der Waals surface area (Å²) in [5.74, 6) is -0.716. The molecular weight excluding hydrogens is 503 g/mol. The summed E-state index contributed by atoms with van der Waals surface area (Å²) < 4.78 is 34.6. The van der Waals surface area contributed by atoms with Crippen LogP contribution in [0.5, 0.6) is 0 Å². The monoisotopic (exact) mass is 528 g/mol. The lowest BCUT2D eigenvalue weighted by Gasteiger charge is -2.62. The van der Waals surface area contributed by atoms with Crippen molar-refractivity contribution in [1.29, 1.82) is 0 Å². The molecule has 4 N–H and O–H groups in total. The number of aliphatic hydroxyl groups is 2. The molecule has 36 heavy (non-hydrogen) atoms. The second-order valence-corrected chi connectivity index (χ2v) is 10.9. The lowest BCUT2D eigenvalue weighted by Crippen LogP contribution is -2.78. The van der Waals surface area contributed by atoms with Crippen molar-refractivity contribution in [3.63, 3.8) is 0 Å². The third kappa shape index (κ3) is 3.32. The Labute approximate surface area is 204 Å². The minimum atomic E-state index is -4.71. The van der Waals surface area contributed by atoms with Gasteiger partial charge in [0.2, 0.25) is 0 Å². The number of imide groups is 1. The average Bonchev–Trinajstić information content (AvgIpc) is 3.37. The van der Waals surface area contributed by atoms with Gasteiger partial charge in [-0.3, -0.25) is 33.9 Å². The summed E-state index contributed by atoms with van der Waals surface area (Å²) in [4.78, 5) is 53.0. The molecule has 16 heteroatoms. The van der Waals surface area contributed by atoms with Gasteiger partial charge in [0.05, 0.1) is 25.0 Å². The van der Waals surface area contributed by atoms with Gasteiger partial charge in [-0.2, -0.15) is 0 Å². The Kier molecular flexibility index (Phi) is 5.38. The van der Waals surface area contributed by atoms with Gasteiger partial charge in [-0.25, -0.2) is 14.2 Å². The molecule has 7 heterocycles.